The summed E-state index contributed by atoms with van der Waals surface area (Å²) in [5.41, 5.74) is -0.0536. The van der Waals surface area contributed by atoms with Crippen LogP contribution in [0.1, 0.15) is 48.1 Å². The number of pyridine rings is 1. The van der Waals surface area contributed by atoms with E-state index in [9.17, 15) is 9.59 Å². The maximum atomic E-state index is 13.0. The minimum Gasteiger partial charge on any atom is -0.337 e. The fraction of sp³-hybridized carbons (Fsp3) is 0.389. The second kappa shape index (κ2) is 6.73. The van der Waals surface area contributed by atoms with Gasteiger partial charge in [-0.15, -0.1) is 11.3 Å². The summed E-state index contributed by atoms with van der Waals surface area (Å²) in [6.45, 7) is 4.21. The molecule has 6 heteroatoms. The SMILES string of the molecule is CC(C)(NC(=O)c1cccs1)C(=O)N1CCCC1c1ccccn1. The van der Waals surface area contributed by atoms with Crippen LogP contribution in [0.15, 0.2) is 41.9 Å². The number of hydrogen-bond donors (Lipinski definition) is 1. The summed E-state index contributed by atoms with van der Waals surface area (Å²) < 4.78 is 0. The van der Waals surface area contributed by atoms with E-state index in [0.717, 1.165) is 18.5 Å². The van der Waals surface area contributed by atoms with Crippen molar-refractivity contribution in [2.45, 2.75) is 38.3 Å². The molecule has 2 amide bonds. The van der Waals surface area contributed by atoms with Gasteiger partial charge in [-0.05, 0) is 50.3 Å². The lowest BCUT2D eigenvalue weighted by molar-refractivity contribution is -0.137. The maximum Gasteiger partial charge on any atom is 0.262 e. The first-order chi connectivity index (χ1) is 11.5. The minimum atomic E-state index is -0.960. The van der Waals surface area contributed by atoms with Crippen LogP contribution in [-0.4, -0.2) is 33.8 Å². The van der Waals surface area contributed by atoms with Crippen molar-refractivity contribution < 1.29 is 9.59 Å². The van der Waals surface area contributed by atoms with Gasteiger partial charge in [0.1, 0.15) is 5.54 Å². The number of amides is 2. The van der Waals surface area contributed by atoms with E-state index < -0.39 is 5.54 Å². The molecule has 1 atom stereocenters. The molecular formula is C18H21N3O2S. The van der Waals surface area contributed by atoms with Crippen LogP contribution >= 0.6 is 11.3 Å². The number of rotatable bonds is 4. The highest BCUT2D eigenvalue weighted by Gasteiger charge is 2.39. The predicted octanol–water partition coefficient (Wildman–Crippen LogP) is 3.02. The molecule has 1 aliphatic rings. The summed E-state index contributed by atoms with van der Waals surface area (Å²) in [7, 11) is 0. The summed E-state index contributed by atoms with van der Waals surface area (Å²) in [4.78, 5) is 32.2. The number of nitrogens with one attached hydrogen (secondary N) is 1. The summed E-state index contributed by atoms with van der Waals surface area (Å²) in [5, 5.41) is 4.72. The molecule has 5 nitrogen and oxygen atoms in total. The Hall–Kier alpha value is -2.21. The van der Waals surface area contributed by atoms with Crippen molar-refractivity contribution in [3.05, 3.63) is 52.5 Å². The van der Waals surface area contributed by atoms with E-state index in [4.69, 9.17) is 0 Å². The molecular weight excluding hydrogens is 322 g/mol. The smallest absolute Gasteiger partial charge is 0.262 e. The summed E-state index contributed by atoms with van der Waals surface area (Å²) in [6, 6.07) is 9.33. The third kappa shape index (κ3) is 3.33. The van der Waals surface area contributed by atoms with Crippen LogP contribution in [0.2, 0.25) is 0 Å². The van der Waals surface area contributed by atoms with Crippen LogP contribution in [-0.2, 0) is 4.79 Å². The van der Waals surface area contributed by atoms with Crippen LogP contribution in [0.5, 0.6) is 0 Å². The van der Waals surface area contributed by atoms with Crippen molar-refractivity contribution >= 4 is 23.2 Å². The number of likely N-dealkylation sites (tertiary alicyclic amines) is 1. The Bertz CT molecular complexity index is 713. The lowest BCUT2D eigenvalue weighted by atomic mass is 10.0. The third-order valence-electron chi connectivity index (χ3n) is 4.25. The molecule has 1 N–H and O–H groups in total. The second-order valence-electron chi connectivity index (χ2n) is 6.47. The van der Waals surface area contributed by atoms with Gasteiger partial charge in [0.2, 0.25) is 5.91 Å². The monoisotopic (exact) mass is 343 g/mol. The van der Waals surface area contributed by atoms with Gasteiger partial charge in [-0.25, -0.2) is 0 Å². The van der Waals surface area contributed by atoms with Crippen LogP contribution < -0.4 is 5.32 Å². The second-order valence-corrected chi connectivity index (χ2v) is 7.42. The number of hydrogen-bond acceptors (Lipinski definition) is 4. The van der Waals surface area contributed by atoms with Crippen molar-refractivity contribution in [3.63, 3.8) is 0 Å². The Morgan fingerprint density at radius 3 is 2.79 bits per heavy atom. The Morgan fingerprint density at radius 1 is 1.29 bits per heavy atom. The van der Waals surface area contributed by atoms with E-state index >= 15 is 0 Å². The molecule has 3 heterocycles. The van der Waals surface area contributed by atoms with Crippen molar-refractivity contribution in [3.8, 4) is 0 Å². The molecule has 0 spiro atoms. The Balaban J connectivity index is 1.75. The molecule has 1 unspecified atom stereocenters. The Morgan fingerprint density at radius 2 is 2.12 bits per heavy atom. The molecule has 24 heavy (non-hydrogen) atoms. The van der Waals surface area contributed by atoms with Gasteiger partial charge in [0, 0.05) is 12.7 Å². The van der Waals surface area contributed by atoms with Gasteiger partial charge < -0.3 is 10.2 Å². The zero-order valence-corrected chi connectivity index (χ0v) is 14.7. The largest absolute Gasteiger partial charge is 0.337 e. The fourth-order valence-electron chi connectivity index (χ4n) is 3.06. The molecule has 3 rings (SSSR count). The van der Waals surface area contributed by atoms with Gasteiger partial charge in [-0.2, -0.15) is 0 Å². The molecule has 1 fully saturated rings. The van der Waals surface area contributed by atoms with Crippen molar-refractivity contribution in [2.75, 3.05) is 6.54 Å². The zero-order chi connectivity index (χ0) is 17.2. The lowest BCUT2D eigenvalue weighted by Gasteiger charge is -2.33. The number of carbonyl (C=O) groups excluding carboxylic acids is 2. The molecule has 1 saturated heterocycles. The average molecular weight is 343 g/mol. The Kier molecular flexibility index (Phi) is 4.66. The Labute approximate surface area is 145 Å². The van der Waals surface area contributed by atoms with Crippen molar-refractivity contribution in [2.24, 2.45) is 0 Å². The zero-order valence-electron chi connectivity index (χ0n) is 13.9. The first-order valence-electron chi connectivity index (χ1n) is 8.07. The molecule has 0 bridgehead atoms. The van der Waals surface area contributed by atoms with E-state index in [1.165, 1.54) is 11.3 Å². The topological polar surface area (TPSA) is 62.3 Å². The maximum absolute atomic E-state index is 13.0. The van der Waals surface area contributed by atoms with Crippen LogP contribution in [0.4, 0.5) is 0 Å². The van der Waals surface area contributed by atoms with Crippen molar-refractivity contribution in [1.82, 2.24) is 15.2 Å². The van der Waals surface area contributed by atoms with Crippen LogP contribution in [0, 0.1) is 0 Å². The van der Waals surface area contributed by atoms with Gasteiger partial charge in [-0.3, -0.25) is 14.6 Å². The average Bonchev–Trinajstić information content (AvgIpc) is 3.26. The van der Waals surface area contributed by atoms with E-state index in [1.54, 1.807) is 26.1 Å². The van der Waals surface area contributed by atoms with E-state index in [1.807, 2.05) is 34.5 Å². The van der Waals surface area contributed by atoms with Gasteiger partial charge >= 0.3 is 0 Å². The van der Waals surface area contributed by atoms with Crippen molar-refractivity contribution in [1.29, 1.82) is 0 Å². The molecule has 126 valence electrons. The third-order valence-corrected chi connectivity index (χ3v) is 5.12. The quantitative estimate of drug-likeness (QED) is 0.928. The molecule has 0 aliphatic carbocycles. The van der Waals surface area contributed by atoms with Gasteiger partial charge in [0.25, 0.3) is 5.91 Å². The highest BCUT2D eigenvalue weighted by atomic mass is 32.1. The van der Waals surface area contributed by atoms with Gasteiger partial charge in [-0.1, -0.05) is 12.1 Å². The molecule has 2 aromatic rings. The minimum absolute atomic E-state index is 0.0170. The fourth-order valence-corrected chi connectivity index (χ4v) is 3.67. The summed E-state index contributed by atoms with van der Waals surface area (Å²) in [6.07, 6.45) is 3.60. The molecule has 1 aliphatic heterocycles. The summed E-state index contributed by atoms with van der Waals surface area (Å²) >= 11 is 1.37. The molecule has 0 aromatic carbocycles. The standard InChI is InChI=1S/C18H21N3O2S/c1-18(2,20-16(22)15-9-6-12-24-15)17(23)21-11-5-8-14(21)13-7-3-4-10-19-13/h3-4,6-7,9-10,12,14H,5,8,11H2,1-2H3,(H,20,22). The molecule has 2 aromatic heterocycles. The van der Waals surface area contributed by atoms with E-state index in [-0.39, 0.29) is 17.9 Å². The number of carbonyl (C=O) groups is 2. The molecule has 0 radical (unpaired) electrons. The predicted molar refractivity (Wildman–Crippen MR) is 93.8 cm³/mol. The van der Waals surface area contributed by atoms with E-state index in [2.05, 4.69) is 10.3 Å². The van der Waals surface area contributed by atoms with E-state index in [0.29, 0.717) is 11.4 Å². The van der Waals surface area contributed by atoms with Crippen LogP contribution in [0.25, 0.3) is 0 Å². The lowest BCUT2D eigenvalue weighted by Crippen LogP contribution is -2.55. The normalized spacial score (nSPS) is 17.8. The highest BCUT2D eigenvalue weighted by Crippen LogP contribution is 2.32. The molecule has 0 saturated carbocycles. The number of thiophene rings is 1. The first-order valence-corrected chi connectivity index (χ1v) is 8.95. The van der Waals surface area contributed by atoms with Gasteiger partial charge in [0.15, 0.2) is 0 Å². The summed E-state index contributed by atoms with van der Waals surface area (Å²) in [5.74, 6) is -0.280. The first kappa shape index (κ1) is 16.6. The number of aromatic nitrogens is 1. The van der Waals surface area contributed by atoms with Gasteiger partial charge in [0.05, 0.1) is 16.6 Å². The number of nitrogens with zero attached hydrogens (tertiary/aromatic N) is 2. The highest BCUT2D eigenvalue weighted by molar-refractivity contribution is 7.12. The van der Waals surface area contributed by atoms with Crippen LogP contribution in [0.3, 0.4) is 0 Å².